The van der Waals surface area contributed by atoms with Gasteiger partial charge in [-0.25, -0.2) is 0 Å². The van der Waals surface area contributed by atoms with Gasteiger partial charge in [-0.15, -0.1) is 0 Å². The minimum Gasteiger partial charge on any atom is -0.394 e. The van der Waals surface area contributed by atoms with Gasteiger partial charge in [-0.2, -0.15) is 12.6 Å². The zero-order chi connectivity index (χ0) is 13.5. The molecule has 0 aliphatic carbocycles. The van der Waals surface area contributed by atoms with E-state index >= 15 is 0 Å². The van der Waals surface area contributed by atoms with Crippen molar-refractivity contribution in [2.75, 3.05) is 32.2 Å². The van der Waals surface area contributed by atoms with Crippen LogP contribution >= 0.6 is 12.6 Å². The highest BCUT2D eigenvalue weighted by molar-refractivity contribution is 7.80. The van der Waals surface area contributed by atoms with Gasteiger partial charge >= 0.3 is 0 Å². The van der Waals surface area contributed by atoms with Crippen LogP contribution in [-0.2, 0) is 14.2 Å². The molecule has 0 radical (unpaired) electrons. The second-order valence-corrected chi connectivity index (χ2v) is 4.35. The fourth-order valence-corrected chi connectivity index (χ4v) is 1.72. The third kappa shape index (κ3) is 4.32. The Morgan fingerprint density at radius 2 is 1.72 bits per heavy atom. The molecule has 1 rings (SSSR count). The average Bonchev–Trinajstić information content (AvgIpc) is 2.38. The van der Waals surface area contributed by atoms with E-state index < -0.39 is 37.3 Å². The Morgan fingerprint density at radius 3 is 2.33 bits per heavy atom. The molecule has 8 heteroatoms. The van der Waals surface area contributed by atoms with Crippen molar-refractivity contribution in [3.05, 3.63) is 0 Å². The smallest absolute Gasteiger partial charge is 0.186 e. The zero-order valence-corrected chi connectivity index (χ0v) is 10.8. The van der Waals surface area contributed by atoms with Gasteiger partial charge in [0, 0.05) is 5.75 Å². The third-order valence-electron chi connectivity index (χ3n) is 2.59. The summed E-state index contributed by atoms with van der Waals surface area (Å²) in [5.74, 6) is 0.597. The molecule has 7 nitrogen and oxygen atoms in total. The van der Waals surface area contributed by atoms with Crippen LogP contribution in [0.1, 0.15) is 0 Å². The molecule has 1 saturated heterocycles. The van der Waals surface area contributed by atoms with Crippen LogP contribution in [0.3, 0.4) is 0 Å². The quantitative estimate of drug-likeness (QED) is 0.265. The monoisotopic (exact) mass is 284 g/mol. The van der Waals surface area contributed by atoms with E-state index in [-0.39, 0.29) is 6.61 Å². The van der Waals surface area contributed by atoms with E-state index in [9.17, 15) is 15.3 Å². The standard InChI is InChI=1S/C10H20O7S/c11-5-6-7(12)8(13)9(14)10(17-6)16-2-1-15-3-4-18/h6-14,18H,1-5H2/t6?,7-,8-,9?,10+/m0/s1. The van der Waals surface area contributed by atoms with E-state index in [1.165, 1.54) is 0 Å². The van der Waals surface area contributed by atoms with Crippen molar-refractivity contribution in [3.63, 3.8) is 0 Å². The molecule has 2 unspecified atom stereocenters. The summed E-state index contributed by atoms with van der Waals surface area (Å²) >= 11 is 3.97. The van der Waals surface area contributed by atoms with Gasteiger partial charge in [-0.1, -0.05) is 0 Å². The molecule has 4 N–H and O–H groups in total. The number of aliphatic hydroxyl groups is 4. The van der Waals surface area contributed by atoms with Gasteiger partial charge in [-0.3, -0.25) is 0 Å². The first kappa shape index (κ1) is 16.1. The Balaban J connectivity index is 2.35. The fraction of sp³-hybridized carbons (Fsp3) is 1.00. The predicted octanol–water partition coefficient (Wildman–Crippen LogP) is -2.25. The van der Waals surface area contributed by atoms with Gasteiger partial charge in [-0.05, 0) is 0 Å². The van der Waals surface area contributed by atoms with E-state index in [1.807, 2.05) is 0 Å². The normalized spacial score (nSPS) is 36.8. The second-order valence-electron chi connectivity index (χ2n) is 3.90. The van der Waals surface area contributed by atoms with Crippen LogP contribution in [0, 0.1) is 0 Å². The van der Waals surface area contributed by atoms with Crippen molar-refractivity contribution >= 4 is 12.6 Å². The largest absolute Gasteiger partial charge is 0.394 e. The summed E-state index contributed by atoms with van der Waals surface area (Å²) in [7, 11) is 0. The van der Waals surface area contributed by atoms with Crippen molar-refractivity contribution in [2.45, 2.75) is 30.7 Å². The number of hydrogen-bond acceptors (Lipinski definition) is 8. The summed E-state index contributed by atoms with van der Waals surface area (Å²) < 4.78 is 15.4. The summed E-state index contributed by atoms with van der Waals surface area (Å²) in [4.78, 5) is 0. The van der Waals surface area contributed by atoms with Gasteiger partial charge in [0.25, 0.3) is 0 Å². The second kappa shape index (κ2) is 8.28. The summed E-state index contributed by atoms with van der Waals surface area (Å²) in [5, 5.41) is 37.6. The van der Waals surface area contributed by atoms with Crippen LogP contribution in [0.4, 0.5) is 0 Å². The Hall–Kier alpha value is 0.0700. The van der Waals surface area contributed by atoms with E-state index in [0.717, 1.165) is 0 Å². The highest BCUT2D eigenvalue weighted by Crippen LogP contribution is 2.21. The molecule has 1 aliphatic heterocycles. The lowest BCUT2D eigenvalue weighted by molar-refractivity contribution is -0.302. The molecule has 1 aliphatic rings. The Labute approximate surface area is 111 Å². The Kier molecular flexibility index (Phi) is 7.42. The van der Waals surface area contributed by atoms with Crippen LogP contribution in [-0.4, -0.2) is 83.3 Å². The van der Waals surface area contributed by atoms with Crippen LogP contribution in [0.15, 0.2) is 0 Å². The number of hydrogen-bond donors (Lipinski definition) is 5. The lowest BCUT2D eigenvalue weighted by Gasteiger charge is -2.39. The number of rotatable bonds is 7. The number of aliphatic hydroxyl groups excluding tert-OH is 4. The molecule has 0 aromatic heterocycles. The maximum absolute atomic E-state index is 9.63. The fourth-order valence-electron chi connectivity index (χ4n) is 1.59. The zero-order valence-electron chi connectivity index (χ0n) is 9.88. The van der Waals surface area contributed by atoms with Gasteiger partial charge in [0.1, 0.15) is 24.4 Å². The maximum atomic E-state index is 9.63. The SMILES string of the molecule is OCC1O[C@@H](OCCOCCS)C(O)[C@@H](O)[C@H]1O. The first-order valence-electron chi connectivity index (χ1n) is 5.72. The summed E-state index contributed by atoms with van der Waals surface area (Å²) in [6, 6.07) is 0. The van der Waals surface area contributed by atoms with Crippen LogP contribution in [0.25, 0.3) is 0 Å². The summed E-state index contributed by atoms with van der Waals surface area (Å²) in [6.45, 7) is 0.480. The molecule has 0 spiro atoms. The van der Waals surface area contributed by atoms with Crippen molar-refractivity contribution in [1.82, 2.24) is 0 Å². The highest BCUT2D eigenvalue weighted by Gasteiger charge is 2.43. The molecule has 0 amide bonds. The van der Waals surface area contributed by atoms with Crippen LogP contribution in [0.2, 0.25) is 0 Å². The number of thiol groups is 1. The molecule has 18 heavy (non-hydrogen) atoms. The van der Waals surface area contributed by atoms with Gasteiger partial charge in [0.2, 0.25) is 0 Å². The van der Waals surface area contributed by atoms with Crippen molar-refractivity contribution in [1.29, 1.82) is 0 Å². The minimum absolute atomic E-state index is 0.163. The van der Waals surface area contributed by atoms with Crippen LogP contribution < -0.4 is 0 Å². The molecule has 0 saturated carbocycles. The first-order valence-corrected chi connectivity index (χ1v) is 6.35. The van der Waals surface area contributed by atoms with Crippen LogP contribution in [0.5, 0.6) is 0 Å². The van der Waals surface area contributed by atoms with E-state index in [4.69, 9.17) is 19.3 Å². The highest BCUT2D eigenvalue weighted by atomic mass is 32.1. The van der Waals surface area contributed by atoms with Gasteiger partial charge in [0.05, 0.1) is 26.4 Å². The maximum Gasteiger partial charge on any atom is 0.186 e. The third-order valence-corrected chi connectivity index (χ3v) is 2.78. The van der Waals surface area contributed by atoms with E-state index in [0.29, 0.717) is 19.0 Å². The molecule has 108 valence electrons. The minimum atomic E-state index is -1.42. The molecule has 5 atom stereocenters. The molecule has 1 heterocycles. The lowest BCUT2D eigenvalue weighted by Crippen LogP contribution is -2.59. The van der Waals surface area contributed by atoms with Crippen molar-refractivity contribution < 1.29 is 34.6 Å². The van der Waals surface area contributed by atoms with E-state index in [2.05, 4.69) is 12.6 Å². The number of ether oxygens (including phenoxy) is 3. The van der Waals surface area contributed by atoms with Crippen molar-refractivity contribution in [2.24, 2.45) is 0 Å². The van der Waals surface area contributed by atoms with Gasteiger partial charge in [0.15, 0.2) is 6.29 Å². The van der Waals surface area contributed by atoms with E-state index in [1.54, 1.807) is 0 Å². The molecular formula is C10H20O7S. The Bertz CT molecular complexity index is 228. The Morgan fingerprint density at radius 1 is 1.00 bits per heavy atom. The topological polar surface area (TPSA) is 109 Å². The first-order chi connectivity index (χ1) is 8.61. The average molecular weight is 284 g/mol. The predicted molar refractivity (Wildman–Crippen MR) is 64.4 cm³/mol. The molecule has 0 aromatic rings. The lowest BCUT2D eigenvalue weighted by atomic mass is 9.99. The molecular weight excluding hydrogens is 264 g/mol. The van der Waals surface area contributed by atoms with Gasteiger partial charge < -0.3 is 34.6 Å². The molecule has 0 bridgehead atoms. The van der Waals surface area contributed by atoms with Crippen molar-refractivity contribution in [3.8, 4) is 0 Å². The molecule has 0 aromatic carbocycles. The summed E-state index contributed by atoms with van der Waals surface area (Å²) in [6.07, 6.45) is -6.20. The summed E-state index contributed by atoms with van der Waals surface area (Å²) in [5.41, 5.74) is 0. The molecule has 1 fully saturated rings.